The van der Waals surface area contributed by atoms with Crippen molar-refractivity contribution in [3.63, 3.8) is 0 Å². The SMILES string of the molecule is CCCNCCNC(=O)c1ccccc1I. The normalized spacial score (nSPS) is 10.1. The molecule has 0 fully saturated rings. The fourth-order valence-corrected chi connectivity index (χ4v) is 1.94. The summed E-state index contributed by atoms with van der Waals surface area (Å²) in [6.45, 7) is 4.61. The van der Waals surface area contributed by atoms with E-state index in [2.05, 4.69) is 40.1 Å². The van der Waals surface area contributed by atoms with E-state index in [-0.39, 0.29) is 5.91 Å². The van der Waals surface area contributed by atoms with Gasteiger partial charge in [0.05, 0.1) is 5.56 Å². The number of hydrogen-bond donors (Lipinski definition) is 2. The van der Waals surface area contributed by atoms with Gasteiger partial charge in [0.15, 0.2) is 0 Å². The van der Waals surface area contributed by atoms with Crippen LogP contribution in [0, 0.1) is 3.57 Å². The van der Waals surface area contributed by atoms with Gasteiger partial charge >= 0.3 is 0 Å². The Morgan fingerprint density at radius 2 is 2.00 bits per heavy atom. The molecule has 16 heavy (non-hydrogen) atoms. The lowest BCUT2D eigenvalue weighted by molar-refractivity contribution is 0.0953. The summed E-state index contributed by atoms with van der Waals surface area (Å²) in [5, 5.41) is 6.13. The summed E-state index contributed by atoms with van der Waals surface area (Å²) in [7, 11) is 0. The molecule has 2 N–H and O–H groups in total. The van der Waals surface area contributed by atoms with Crippen LogP contribution in [0.1, 0.15) is 23.7 Å². The van der Waals surface area contributed by atoms with Gasteiger partial charge in [-0.3, -0.25) is 4.79 Å². The zero-order chi connectivity index (χ0) is 11.8. The Hall–Kier alpha value is -0.620. The number of nitrogens with one attached hydrogen (secondary N) is 2. The molecule has 1 aromatic carbocycles. The second kappa shape index (κ2) is 7.62. The van der Waals surface area contributed by atoms with Gasteiger partial charge in [-0.2, -0.15) is 0 Å². The van der Waals surface area contributed by atoms with E-state index in [0.29, 0.717) is 6.54 Å². The molecule has 0 radical (unpaired) electrons. The van der Waals surface area contributed by atoms with E-state index < -0.39 is 0 Å². The van der Waals surface area contributed by atoms with E-state index in [9.17, 15) is 4.79 Å². The third kappa shape index (κ3) is 4.49. The topological polar surface area (TPSA) is 41.1 Å². The summed E-state index contributed by atoms with van der Waals surface area (Å²) in [5.41, 5.74) is 0.749. The second-order valence-corrected chi connectivity index (χ2v) is 4.65. The van der Waals surface area contributed by atoms with Crippen molar-refractivity contribution in [1.29, 1.82) is 0 Å². The predicted octanol–water partition coefficient (Wildman–Crippen LogP) is 2.02. The average molecular weight is 332 g/mol. The molecule has 0 aromatic heterocycles. The van der Waals surface area contributed by atoms with E-state index in [1.807, 2.05) is 24.3 Å². The third-order valence-electron chi connectivity index (χ3n) is 2.13. The van der Waals surface area contributed by atoms with Crippen molar-refractivity contribution in [2.75, 3.05) is 19.6 Å². The maximum absolute atomic E-state index is 11.8. The molecular weight excluding hydrogens is 315 g/mol. The lowest BCUT2D eigenvalue weighted by atomic mass is 10.2. The molecule has 0 heterocycles. The first-order chi connectivity index (χ1) is 7.75. The smallest absolute Gasteiger partial charge is 0.252 e. The Bertz CT molecular complexity index is 342. The van der Waals surface area contributed by atoms with Gasteiger partial charge in [-0.15, -0.1) is 0 Å². The van der Waals surface area contributed by atoms with Crippen LogP contribution >= 0.6 is 22.6 Å². The van der Waals surface area contributed by atoms with Crippen LogP contribution in [0.15, 0.2) is 24.3 Å². The second-order valence-electron chi connectivity index (χ2n) is 3.49. The number of carbonyl (C=O) groups excluding carboxylic acids is 1. The van der Waals surface area contributed by atoms with E-state index in [0.717, 1.165) is 28.6 Å². The fraction of sp³-hybridized carbons (Fsp3) is 0.417. The lowest BCUT2D eigenvalue weighted by Crippen LogP contribution is -2.32. The highest BCUT2D eigenvalue weighted by Gasteiger charge is 2.07. The predicted molar refractivity (Wildman–Crippen MR) is 74.7 cm³/mol. The highest BCUT2D eigenvalue weighted by Crippen LogP contribution is 2.10. The summed E-state index contributed by atoms with van der Waals surface area (Å²) < 4.78 is 0.985. The minimum absolute atomic E-state index is 0.00305. The molecule has 0 aliphatic carbocycles. The van der Waals surface area contributed by atoms with Crippen LogP contribution in [0.4, 0.5) is 0 Å². The molecule has 0 aliphatic heterocycles. The first-order valence-electron chi connectivity index (χ1n) is 5.49. The van der Waals surface area contributed by atoms with E-state index in [4.69, 9.17) is 0 Å². The number of benzene rings is 1. The van der Waals surface area contributed by atoms with Gasteiger partial charge in [-0.1, -0.05) is 19.1 Å². The zero-order valence-corrected chi connectivity index (χ0v) is 11.6. The standard InChI is InChI=1S/C12H17IN2O/c1-2-7-14-8-9-15-12(16)10-5-3-4-6-11(10)13/h3-6,14H,2,7-9H2,1H3,(H,15,16). The van der Waals surface area contributed by atoms with Crippen molar-refractivity contribution in [1.82, 2.24) is 10.6 Å². The van der Waals surface area contributed by atoms with Crippen molar-refractivity contribution in [3.05, 3.63) is 33.4 Å². The molecule has 0 saturated heterocycles. The summed E-state index contributed by atoms with van der Waals surface area (Å²) >= 11 is 2.17. The Morgan fingerprint density at radius 1 is 1.25 bits per heavy atom. The summed E-state index contributed by atoms with van der Waals surface area (Å²) in [4.78, 5) is 11.8. The summed E-state index contributed by atoms with van der Waals surface area (Å²) in [6.07, 6.45) is 1.12. The van der Waals surface area contributed by atoms with Gasteiger partial charge in [0.1, 0.15) is 0 Å². The Morgan fingerprint density at radius 3 is 2.69 bits per heavy atom. The van der Waals surface area contributed by atoms with Crippen molar-refractivity contribution in [3.8, 4) is 0 Å². The molecule has 0 aliphatic rings. The Kier molecular flexibility index (Phi) is 6.40. The van der Waals surface area contributed by atoms with Crippen LogP contribution < -0.4 is 10.6 Å². The maximum Gasteiger partial charge on any atom is 0.252 e. The number of amides is 1. The maximum atomic E-state index is 11.8. The van der Waals surface area contributed by atoms with Gasteiger partial charge in [0, 0.05) is 16.7 Å². The lowest BCUT2D eigenvalue weighted by Gasteiger charge is -2.07. The number of rotatable bonds is 6. The number of carbonyl (C=O) groups is 1. The van der Waals surface area contributed by atoms with Gasteiger partial charge in [-0.25, -0.2) is 0 Å². The minimum Gasteiger partial charge on any atom is -0.351 e. The van der Waals surface area contributed by atoms with Crippen LogP contribution in [0.3, 0.4) is 0 Å². The molecule has 0 bridgehead atoms. The van der Waals surface area contributed by atoms with Crippen LogP contribution in [0.25, 0.3) is 0 Å². The van der Waals surface area contributed by atoms with Gasteiger partial charge < -0.3 is 10.6 Å². The molecule has 0 spiro atoms. The average Bonchev–Trinajstić information content (AvgIpc) is 2.29. The molecule has 0 unspecified atom stereocenters. The molecule has 88 valence electrons. The molecule has 1 rings (SSSR count). The minimum atomic E-state index is 0.00305. The van der Waals surface area contributed by atoms with Gasteiger partial charge in [0.2, 0.25) is 0 Å². The van der Waals surface area contributed by atoms with E-state index in [1.165, 1.54) is 0 Å². The molecule has 1 aromatic rings. The first-order valence-corrected chi connectivity index (χ1v) is 6.57. The first kappa shape index (κ1) is 13.4. The van der Waals surface area contributed by atoms with E-state index >= 15 is 0 Å². The molecular formula is C12H17IN2O. The fourth-order valence-electron chi connectivity index (χ4n) is 1.31. The Balaban J connectivity index is 2.33. The van der Waals surface area contributed by atoms with Crippen molar-refractivity contribution >= 4 is 28.5 Å². The Labute approximate surface area is 110 Å². The van der Waals surface area contributed by atoms with Crippen LogP contribution in [-0.4, -0.2) is 25.5 Å². The summed E-state index contributed by atoms with van der Waals surface area (Å²) in [6, 6.07) is 7.59. The highest BCUT2D eigenvalue weighted by molar-refractivity contribution is 14.1. The molecule has 4 heteroatoms. The van der Waals surface area contributed by atoms with Crippen LogP contribution in [0.2, 0.25) is 0 Å². The van der Waals surface area contributed by atoms with Crippen molar-refractivity contribution < 1.29 is 4.79 Å². The third-order valence-corrected chi connectivity index (χ3v) is 3.07. The molecule has 3 nitrogen and oxygen atoms in total. The number of halogens is 1. The monoisotopic (exact) mass is 332 g/mol. The van der Waals surface area contributed by atoms with Crippen molar-refractivity contribution in [2.24, 2.45) is 0 Å². The zero-order valence-electron chi connectivity index (χ0n) is 9.42. The van der Waals surface area contributed by atoms with Crippen molar-refractivity contribution in [2.45, 2.75) is 13.3 Å². The number of hydrogen-bond acceptors (Lipinski definition) is 2. The van der Waals surface area contributed by atoms with Crippen LogP contribution in [0.5, 0.6) is 0 Å². The summed E-state index contributed by atoms with van der Waals surface area (Å²) in [5.74, 6) is 0.00305. The van der Waals surface area contributed by atoms with Crippen LogP contribution in [-0.2, 0) is 0 Å². The van der Waals surface area contributed by atoms with E-state index in [1.54, 1.807) is 0 Å². The molecule has 1 amide bonds. The largest absolute Gasteiger partial charge is 0.351 e. The molecule has 0 saturated carbocycles. The van der Waals surface area contributed by atoms with Gasteiger partial charge in [-0.05, 0) is 47.7 Å². The highest BCUT2D eigenvalue weighted by atomic mass is 127. The molecule has 0 atom stereocenters. The van der Waals surface area contributed by atoms with Gasteiger partial charge in [0.25, 0.3) is 5.91 Å². The quantitative estimate of drug-likeness (QED) is 0.618.